The Bertz CT molecular complexity index is 1740. The van der Waals surface area contributed by atoms with Crippen LogP contribution in [0.5, 0.6) is 0 Å². The molecule has 0 atom stereocenters. The minimum Gasteiger partial charge on any atom is -0.464 e. The van der Waals surface area contributed by atoms with E-state index in [0.29, 0.717) is 0 Å². The molecule has 0 aliphatic heterocycles. The van der Waals surface area contributed by atoms with Crippen LogP contribution in [0.2, 0.25) is 0 Å². The molecule has 2 aromatic carbocycles. The van der Waals surface area contributed by atoms with E-state index in [9.17, 15) is 0 Å². The Morgan fingerprint density at radius 3 is 2.24 bits per heavy atom. The number of aromatic nitrogens is 4. The Morgan fingerprint density at radius 1 is 0.647 bits per heavy atom. The largest absolute Gasteiger partial charge is 0.464 e. The van der Waals surface area contributed by atoms with Gasteiger partial charge in [0.15, 0.2) is 0 Å². The fraction of sp³-hybridized carbons (Fsp3) is 0. The lowest BCUT2D eigenvalue weighted by molar-refractivity contribution is 0.619. The Labute approximate surface area is 195 Å². The van der Waals surface area contributed by atoms with Gasteiger partial charge in [-0.15, -0.1) is 0 Å². The van der Waals surface area contributed by atoms with Gasteiger partial charge in [-0.2, -0.15) is 0 Å². The fourth-order valence-electron chi connectivity index (χ4n) is 4.74. The quantitative estimate of drug-likeness (QED) is 0.297. The molecule has 0 aliphatic carbocycles. The SMILES string of the molecule is c1ccc2c(c1)c1c3occc3ccc1n2-c1cc(-c2ccncc2)cc(-c2ccncc2)n1. The molecular weight excluding hydrogens is 420 g/mol. The van der Waals surface area contributed by atoms with Gasteiger partial charge in [-0.3, -0.25) is 14.5 Å². The minimum absolute atomic E-state index is 0.846. The number of furan rings is 1. The smallest absolute Gasteiger partial charge is 0.143 e. The van der Waals surface area contributed by atoms with E-state index in [1.807, 2.05) is 42.7 Å². The standard InChI is InChI=1S/C29H18N4O/c1-2-4-25-23(3-1)28-26(6-5-21-11-16-34-29(21)28)33(25)27-18-22(19-7-12-30-13-8-19)17-24(32-27)20-9-14-31-15-10-20/h1-18H. The maximum Gasteiger partial charge on any atom is 0.143 e. The van der Waals surface area contributed by atoms with E-state index < -0.39 is 0 Å². The second kappa shape index (κ2) is 7.39. The van der Waals surface area contributed by atoms with Crippen molar-refractivity contribution in [3.8, 4) is 28.2 Å². The van der Waals surface area contributed by atoms with Crippen molar-refractivity contribution in [3.63, 3.8) is 0 Å². The van der Waals surface area contributed by atoms with Gasteiger partial charge in [0.05, 0.1) is 28.4 Å². The van der Waals surface area contributed by atoms with E-state index in [1.165, 1.54) is 0 Å². The average Bonchev–Trinajstić information content (AvgIpc) is 3.52. The van der Waals surface area contributed by atoms with Crippen molar-refractivity contribution in [1.82, 2.24) is 19.5 Å². The number of benzene rings is 2. The molecule has 160 valence electrons. The van der Waals surface area contributed by atoms with Crippen LogP contribution in [-0.2, 0) is 0 Å². The van der Waals surface area contributed by atoms with Crippen LogP contribution in [0.1, 0.15) is 0 Å². The Balaban J connectivity index is 1.59. The third kappa shape index (κ3) is 2.84. The lowest BCUT2D eigenvalue weighted by Gasteiger charge is -2.12. The van der Waals surface area contributed by atoms with Crippen LogP contribution in [0, 0.1) is 0 Å². The number of para-hydroxylation sites is 1. The van der Waals surface area contributed by atoms with Gasteiger partial charge in [0, 0.05) is 41.1 Å². The maximum atomic E-state index is 5.93. The van der Waals surface area contributed by atoms with Crippen molar-refractivity contribution in [2.45, 2.75) is 0 Å². The zero-order valence-corrected chi connectivity index (χ0v) is 18.1. The molecule has 5 heteroatoms. The van der Waals surface area contributed by atoms with Crippen LogP contribution in [-0.4, -0.2) is 19.5 Å². The van der Waals surface area contributed by atoms with E-state index in [0.717, 1.165) is 61.0 Å². The predicted octanol–water partition coefficient (Wildman–Crippen LogP) is 7.05. The topological polar surface area (TPSA) is 56.7 Å². The predicted molar refractivity (Wildman–Crippen MR) is 135 cm³/mol. The zero-order valence-electron chi connectivity index (χ0n) is 18.1. The zero-order chi connectivity index (χ0) is 22.5. The molecule has 0 amide bonds. The van der Waals surface area contributed by atoms with Crippen molar-refractivity contribution in [3.05, 3.63) is 110 Å². The summed E-state index contributed by atoms with van der Waals surface area (Å²) in [6.07, 6.45) is 8.97. The van der Waals surface area contributed by atoms with Crippen molar-refractivity contribution < 1.29 is 4.42 Å². The molecule has 0 N–H and O–H groups in total. The van der Waals surface area contributed by atoms with Gasteiger partial charge in [0.2, 0.25) is 0 Å². The van der Waals surface area contributed by atoms with Gasteiger partial charge >= 0.3 is 0 Å². The van der Waals surface area contributed by atoms with E-state index >= 15 is 0 Å². The summed E-state index contributed by atoms with van der Waals surface area (Å²) in [5.41, 5.74) is 7.10. The number of nitrogens with zero attached hydrogens (tertiary/aromatic N) is 4. The van der Waals surface area contributed by atoms with Crippen LogP contribution >= 0.6 is 0 Å². The summed E-state index contributed by atoms with van der Waals surface area (Å²) in [4.78, 5) is 13.5. The molecule has 5 aromatic heterocycles. The van der Waals surface area contributed by atoms with Crippen LogP contribution in [0.3, 0.4) is 0 Å². The molecule has 0 saturated carbocycles. The molecule has 0 unspecified atom stereocenters. The third-order valence-corrected chi connectivity index (χ3v) is 6.29. The molecule has 5 heterocycles. The number of fused-ring (bicyclic) bond motifs is 5. The lowest BCUT2D eigenvalue weighted by Crippen LogP contribution is -2.00. The van der Waals surface area contributed by atoms with Gasteiger partial charge in [-0.05, 0) is 71.8 Å². The summed E-state index contributed by atoms with van der Waals surface area (Å²) in [6, 6.07) is 26.9. The van der Waals surface area contributed by atoms with Crippen LogP contribution in [0.4, 0.5) is 0 Å². The highest BCUT2D eigenvalue weighted by Crippen LogP contribution is 2.38. The molecule has 7 aromatic rings. The molecule has 0 fully saturated rings. The number of pyridine rings is 3. The first kappa shape index (κ1) is 18.8. The molecule has 7 rings (SSSR count). The molecule has 0 radical (unpaired) electrons. The Hall–Kier alpha value is -4.77. The van der Waals surface area contributed by atoms with E-state index in [1.54, 1.807) is 18.7 Å². The third-order valence-electron chi connectivity index (χ3n) is 6.29. The highest BCUT2D eigenvalue weighted by molar-refractivity contribution is 6.19. The first-order valence-corrected chi connectivity index (χ1v) is 11.1. The Morgan fingerprint density at radius 2 is 1.41 bits per heavy atom. The molecule has 0 spiro atoms. The van der Waals surface area contributed by atoms with Crippen molar-refractivity contribution in [1.29, 1.82) is 0 Å². The minimum atomic E-state index is 0.846. The van der Waals surface area contributed by atoms with Gasteiger partial charge in [-0.25, -0.2) is 4.98 Å². The van der Waals surface area contributed by atoms with E-state index in [4.69, 9.17) is 9.40 Å². The summed E-state index contributed by atoms with van der Waals surface area (Å²) in [6.45, 7) is 0. The fourth-order valence-corrected chi connectivity index (χ4v) is 4.74. The second-order valence-corrected chi connectivity index (χ2v) is 8.22. The monoisotopic (exact) mass is 438 g/mol. The molecule has 34 heavy (non-hydrogen) atoms. The summed E-state index contributed by atoms with van der Waals surface area (Å²) in [5, 5.41) is 3.32. The van der Waals surface area contributed by atoms with Gasteiger partial charge in [-0.1, -0.05) is 18.2 Å². The highest BCUT2D eigenvalue weighted by Gasteiger charge is 2.18. The summed E-state index contributed by atoms with van der Waals surface area (Å²) >= 11 is 0. The van der Waals surface area contributed by atoms with Crippen molar-refractivity contribution >= 4 is 32.8 Å². The number of rotatable bonds is 3. The van der Waals surface area contributed by atoms with Crippen molar-refractivity contribution in [2.75, 3.05) is 0 Å². The summed E-state index contributed by atoms with van der Waals surface area (Å²) in [5.74, 6) is 0.846. The summed E-state index contributed by atoms with van der Waals surface area (Å²) in [7, 11) is 0. The molecule has 0 bridgehead atoms. The molecule has 0 aliphatic rings. The molecule has 0 saturated heterocycles. The first-order valence-electron chi connectivity index (χ1n) is 11.1. The summed E-state index contributed by atoms with van der Waals surface area (Å²) < 4.78 is 8.15. The van der Waals surface area contributed by atoms with Crippen LogP contribution in [0.25, 0.3) is 61.0 Å². The first-order chi connectivity index (χ1) is 16.9. The van der Waals surface area contributed by atoms with Gasteiger partial charge in [0.25, 0.3) is 0 Å². The average molecular weight is 438 g/mol. The number of hydrogen-bond donors (Lipinski definition) is 0. The maximum absolute atomic E-state index is 5.93. The Kier molecular flexibility index (Phi) is 4.08. The van der Waals surface area contributed by atoms with Crippen molar-refractivity contribution in [2.24, 2.45) is 0 Å². The van der Waals surface area contributed by atoms with Gasteiger partial charge < -0.3 is 4.42 Å². The normalized spacial score (nSPS) is 11.5. The van der Waals surface area contributed by atoms with Crippen LogP contribution in [0.15, 0.2) is 114 Å². The molecule has 5 nitrogen and oxygen atoms in total. The lowest BCUT2D eigenvalue weighted by atomic mass is 10.0. The second-order valence-electron chi connectivity index (χ2n) is 8.22. The van der Waals surface area contributed by atoms with Gasteiger partial charge in [0.1, 0.15) is 11.4 Å². The number of hydrogen-bond acceptors (Lipinski definition) is 4. The van der Waals surface area contributed by atoms with Crippen LogP contribution < -0.4 is 0 Å². The highest BCUT2D eigenvalue weighted by atomic mass is 16.3. The van der Waals surface area contributed by atoms with E-state index in [2.05, 4.69) is 63.1 Å². The van der Waals surface area contributed by atoms with E-state index in [-0.39, 0.29) is 0 Å². The molecular formula is C29H18N4O.